The molecule has 0 radical (unpaired) electrons. The molecule has 0 aliphatic carbocycles. The van der Waals surface area contributed by atoms with E-state index in [-0.39, 0.29) is 17.9 Å². The summed E-state index contributed by atoms with van der Waals surface area (Å²) in [5.74, 6) is 0.389. The number of para-hydroxylation sites is 2. The molecule has 1 unspecified atom stereocenters. The minimum atomic E-state index is 0.105. The molecule has 27 heavy (non-hydrogen) atoms. The summed E-state index contributed by atoms with van der Waals surface area (Å²) in [6.07, 6.45) is 0.959. The number of fused-ring (bicyclic) bond motifs is 1. The molecule has 138 valence electrons. The monoisotopic (exact) mass is 359 g/mol. The Bertz CT molecular complexity index is 952. The molecule has 1 N–H and O–H groups in total. The average Bonchev–Trinajstić information content (AvgIpc) is 3.15. The summed E-state index contributed by atoms with van der Waals surface area (Å²) in [4.78, 5) is 20.0. The van der Waals surface area contributed by atoms with Gasteiger partial charge in [-0.25, -0.2) is 0 Å². The standard InChI is InChI=1S/C23H25N3O/c1-16(2)22-14-20(19-10-6-7-11-21(19)25-22)23(27)26-13-12-18(15-26)24-17-8-4-3-5-9-17/h3-11,14,16,18,24H,12-13,15H2,1-2H3. The lowest BCUT2D eigenvalue weighted by atomic mass is 10.0. The van der Waals surface area contributed by atoms with Gasteiger partial charge in [-0.1, -0.05) is 50.2 Å². The lowest BCUT2D eigenvalue weighted by molar-refractivity contribution is 0.0793. The lowest BCUT2D eigenvalue weighted by Crippen LogP contribution is -2.31. The molecular weight excluding hydrogens is 334 g/mol. The molecule has 4 heteroatoms. The van der Waals surface area contributed by atoms with E-state index in [9.17, 15) is 4.79 Å². The van der Waals surface area contributed by atoms with Crippen LogP contribution in [-0.4, -0.2) is 34.9 Å². The lowest BCUT2D eigenvalue weighted by Gasteiger charge is -2.19. The SMILES string of the molecule is CC(C)c1cc(C(=O)N2CCC(Nc3ccccc3)C2)c2ccccc2n1. The molecule has 1 saturated heterocycles. The van der Waals surface area contributed by atoms with Gasteiger partial charge in [-0.05, 0) is 36.6 Å². The van der Waals surface area contributed by atoms with Gasteiger partial charge >= 0.3 is 0 Å². The van der Waals surface area contributed by atoms with Gasteiger partial charge in [-0.15, -0.1) is 0 Å². The fraction of sp³-hybridized carbons (Fsp3) is 0.304. The Hall–Kier alpha value is -2.88. The first kappa shape index (κ1) is 17.5. The quantitative estimate of drug-likeness (QED) is 0.735. The molecule has 1 amide bonds. The van der Waals surface area contributed by atoms with Crippen molar-refractivity contribution in [3.8, 4) is 0 Å². The molecule has 1 aliphatic rings. The number of amides is 1. The Balaban J connectivity index is 1.58. The summed E-state index contributed by atoms with van der Waals surface area (Å²) >= 11 is 0. The smallest absolute Gasteiger partial charge is 0.254 e. The van der Waals surface area contributed by atoms with E-state index in [1.54, 1.807) is 0 Å². The van der Waals surface area contributed by atoms with E-state index in [2.05, 4.69) is 31.3 Å². The molecule has 2 aromatic carbocycles. The van der Waals surface area contributed by atoms with E-state index in [1.807, 2.05) is 53.4 Å². The highest BCUT2D eigenvalue weighted by Gasteiger charge is 2.28. The Morgan fingerprint density at radius 2 is 1.85 bits per heavy atom. The molecule has 3 aromatic rings. The molecule has 4 rings (SSSR count). The maximum Gasteiger partial charge on any atom is 0.254 e. The molecule has 4 nitrogen and oxygen atoms in total. The van der Waals surface area contributed by atoms with Crippen LogP contribution in [0, 0.1) is 0 Å². The minimum Gasteiger partial charge on any atom is -0.380 e. The van der Waals surface area contributed by atoms with Gasteiger partial charge in [0.25, 0.3) is 5.91 Å². The fourth-order valence-electron chi connectivity index (χ4n) is 3.67. The zero-order valence-corrected chi connectivity index (χ0v) is 15.9. The first-order valence-corrected chi connectivity index (χ1v) is 9.62. The molecule has 0 spiro atoms. The van der Waals surface area contributed by atoms with Crippen molar-refractivity contribution in [2.75, 3.05) is 18.4 Å². The summed E-state index contributed by atoms with van der Waals surface area (Å²) in [5.41, 5.74) is 3.73. The number of nitrogens with zero attached hydrogens (tertiary/aromatic N) is 2. The predicted octanol–water partition coefficient (Wildman–Crippen LogP) is 4.68. The summed E-state index contributed by atoms with van der Waals surface area (Å²) in [6.45, 7) is 5.72. The summed E-state index contributed by atoms with van der Waals surface area (Å²) in [7, 11) is 0. The van der Waals surface area contributed by atoms with Gasteiger partial charge in [0, 0.05) is 35.9 Å². The van der Waals surface area contributed by atoms with Gasteiger partial charge in [0.2, 0.25) is 0 Å². The maximum absolute atomic E-state index is 13.3. The highest BCUT2D eigenvalue weighted by atomic mass is 16.2. The Morgan fingerprint density at radius 3 is 2.63 bits per heavy atom. The molecule has 0 saturated carbocycles. The normalized spacial score (nSPS) is 16.9. The van der Waals surface area contributed by atoms with Gasteiger partial charge in [0.1, 0.15) is 0 Å². The molecule has 2 heterocycles. The Labute approximate surface area is 160 Å². The number of anilines is 1. The fourth-order valence-corrected chi connectivity index (χ4v) is 3.67. The van der Waals surface area contributed by atoms with Crippen molar-refractivity contribution in [1.29, 1.82) is 0 Å². The van der Waals surface area contributed by atoms with Crippen LogP contribution < -0.4 is 5.32 Å². The van der Waals surface area contributed by atoms with E-state index in [0.717, 1.165) is 47.4 Å². The highest BCUT2D eigenvalue weighted by molar-refractivity contribution is 6.06. The van der Waals surface area contributed by atoms with E-state index in [4.69, 9.17) is 4.98 Å². The van der Waals surface area contributed by atoms with Crippen LogP contribution in [0.5, 0.6) is 0 Å². The zero-order chi connectivity index (χ0) is 18.8. The molecular formula is C23H25N3O. The van der Waals surface area contributed by atoms with Crippen LogP contribution in [-0.2, 0) is 0 Å². The number of pyridine rings is 1. The number of nitrogens with one attached hydrogen (secondary N) is 1. The van der Waals surface area contributed by atoms with Gasteiger partial charge in [-0.2, -0.15) is 0 Å². The summed E-state index contributed by atoms with van der Waals surface area (Å²) in [6, 6.07) is 20.4. The van der Waals surface area contributed by atoms with Crippen LogP contribution in [0.2, 0.25) is 0 Å². The first-order chi connectivity index (χ1) is 13.1. The van der Waals surface area contributed by atoms with Gasteiger partial charge in [0.15, 0.2) is 0 Å². The van der Waals surface area contributed by atoms with Gasteiger partial charge in [0.05, 0.1) is 11.1 Å². The number of hydrogen-bond acceptors (Lipinski definition) is 3. The third-order valence-electron chi connectivity index (χ3n) is 5.18. The van der Waals surface area contributed by atoms with E-state index in [1.165, 1.54) is 0 Å². The van der Waals surface area contributed by atoms with Crippen molar-refractivity contribution in [3.63, 3.8) is 0 Å². The minimum absolute atomic E-state index is 0.105. The van der Waals surface area contributed by atoms with Crippen molar-refractivity contribution in [1.82, 2.24) is 9.88 Å². The number of carbonyl (C=O) groups is 1. The predicted molar refractivity (Wildman–Crippen MR) is 110 cm³/mol. The van der Waals surface area contributed by atoms with Crippen LogP contribution in [0.15, 0.2) is 60.7 Å². The van der Waals surface area contributed by atoms with Crippen molar-refractivity contribution in [3.05, 3.63) is 71.9 Å². The first-order valence-electron chi connectivity index (χ1n) is 9.62. The van der Waals surface area contributed by atoms with Crippen LogP contribution >= 0.6 is 0 Å². The van der Waals surface area contributed by atoms with Crippen molar-refractivity contribution >= 4 is 22.5 Å². The maximum atomic E-state index is 13.3. The van der Waals surface area contributed by atoms with E-state index in [0.29, 0.717) is 0 Å². The highest BCUT2D eigenvalue weighted by Crippen LogP contribution is 2.25. The topological polar surface area (TPSA) is 45.2 Å². The molecule has 1 atom stereocenters. The second kappa shape index (κ2) is 7.39. The van der Waals surface area contributed by atoms with Crippen molar-refractivity contribution in [2.24, 2.45) is 0 Å². The number of benzene rings is 2. The van der Waals surface area contributed by atoms with E-state index < -0.39 is 0 Å². The molecule has 1 fully saturated rings. The number of aromatic nitrogens is 1. The van der Waals surface area contributed by atoms with Crippen LogP contribution in [0.3, 0.4) is 0 Å². The van der Waals surface area contributed by atoms with Crippen LogP contribution in [0.25, 0.3) is 10.9 Å². The van der Waals surface area contributed by atoms with Gasteiger partial charge < -0.3 is 10.2 Å². The van der Waals surface area contributed by atoms with E-state index >= 15 is 0 Å². The Kier molecular flexibility index (Phi) is 4.80. The summed E-state index contributed by atoms with van der Waals surface area (Å²) < 4.78 is 0. The van der Waals surface area contributed by atoms with Crippen LogP contribution in [0.4, 0.5) is 5.69 Å². The largest absolute Gasteiger partial charge is 0.380 e. The second-order valence-electron chi connectivity index (χ2n) is 7.51. The van der Waals surface area contributed by atoms with Gasteiger partial charge in [-0.3, -0.25) is 9.78 Å². The third-order valence-corrected chi connectivity index (χ3v) is 5.18. The zero-order valence-electron chi connectivity index (χ0n) is 15.9. The van der Waals surface area contributed by atoms with Crippen LogP contribution in [0.1, 0.15) is 42.2 Å². The summed E-state index contributed by atoms with van der Waals surface area (Å²) in [5, 5.41) is 4.47. The number of rotatable bonds is 4. The van der Waals surface area contributed by atoms with Crippen molar-refractivity contribution < 1.29 is 4.79 Å². The second-order valence-corrected chi connectivity index (χ2v) is 7.51. The Morgan fingerprint density at radius 1 is 1.11 bits per heavy atom. The molecule has 1 aromatic heterocycles. The average molecular weight is 359 g/mol. The molecule has 0 bridgehead atoms. The number of hydrogen-bond donors (Lipinski definition) is 1. The number of carbonyl (C=O) groups excluding carboxylic acids is 1. The van der Waals surface area contributed by atoms with Crippen molar-refractivity contribution in [2.45, 2.75) is 32.2 Å². The molecule has 1 aliphatic heterocycles. The number of likely N-dealkylation sites (tertiary alicyclic amines) is 1. The third kappa shape index (κ3) is 3.65.